The number of nitrogens with two attached hydrogens (primary N) is 1. The minimum absolute atomic E-state index is 0.342. The van der Waals surface area contributed by atoms with Crippen LogP contribution in [0.15, 0.2) is 0 Å². The molecule has 0 saturated carbocycles. The maximum absolute atomic E-state index is 5.97. The van der Waals surface area contributed by atoms with E-state index in [-0.39, 0.29) is 0 Å². The number of methoxy groups -OCH3 is 1. The van der Waals surface area contributed by atoms with E-state index in [4.69, 9.17) is 15.2 Å². The molecule has 0 spiro atoms. The van der Waals surface area contributed by atoms with Crippen LogP contribution in [0.2, 0.25) is 0 Å². The largest absolute Gasteiger partial charge is 0.381 e. The van der Waals surface area contributed by atoms with E-state index in [1.54, 1.807) is 0 Å². The average Bonchev–Trinajstić information content (AvgIpc) is 2.78. The second-order valence-electron chi connectivity index (χ2n) is 5.34. The molecule has 3 atom stereocenters. The average molecular weight is 242 g/mol. The predicted octanol–water partition coefficient (Wildman–Crippen LogP) is 0.992. The van der Waals surface area contributed by atoms with Crippen molar-refractivity contribution in [2.45, 2.75) is 57.0 Å². The minimum Gasteiger partial charge on any atom is -0.381 e. The predicted molar refractivity (Wildman–Crippen MR) is 68.0 cm³/mol. The van der Waals surface area contributed by atoms with Gasteiger partial charge in [0.2, 0.25) is 0 Å². The Morgan fingerprint density at radius 1 is 1.29 bits per heavy atom. The standard InChI is InChI=1S/C13H26N2O2/c1-10-3-4-13(17-10)12(9-14)15-7-5-11(16-2)6-8-15/h10-13H,3-9,14H2,1-2H3. The van der Waals surface area contributed by atoms with E-state index in [1.807, 2.05) is 7.11 Å². The molecule has 2 saturated heterocycles. The molecule has 0 bridgehead atoms. The lowest BCUT2D eigenvalue weighted by atomic mass is 10.0. The Morgan fingerprint density at radius 3 is 2.47 bits per heavy atom. The third-order valence-electron chi connectivity index (χ3n) is 4.21. The highest BCUT2D eigenvalue weighted by atomic mass is 16.5. The van der Waals surface area contributed by atoms with Gasteiger partial charge < -0.3 is 15.2 Å². The van der Waals surface area contributed by atoms with Crippen LogP contribution in [-0.4, -0.2) is 56.0 Å². The molecule has 0 aliphatic carbocycles. The molecule has 2 heterocycles. The lowest BCUT2D eigenvalue weighted by Crippen LogP contribution is -2.52. The molecule has 2 fully saturated rings. The molecule has 100 valence electrons. The van der Waals surface area contributed by atoms with Crippen molar-refractivity contribution in [3.63, 3.8) is 0 Å². The van der Waals surface area contributed by atoms with Crippen LogP contribution in [0, 0.1) is 0 Å². The Morgan fingerprint density at radius 2 is 2.00 bits per heavy atom. The van der Waals surface area contributed by atoms with E-state index < -0.39 is 0 Å². The van der Waals surface area contributed by atoms with Gasteiger partial charge in [-0.3, -0.25) is 4.90 Å². The van der Waals surface area contributed by atoms with Crippen molar-refractivity contribution < 1.29 is 9.47 Å². The summed E-state index contributed by atoms with van der Waals surface area (Å²) in [5.74, 6) is 0. The lowest BCUT2D eigenvalue weighted by molar-refractivity contribution is -0.0296. The number of nitrogens with zero attached hydrogens (tertiary/aromatic N) is 1. The number of rotatable bonds is 4. The zero-order valence-electron chi connectivity index (χ0n) is 11.1. The third kappa shape index (κ3) is 3.19. The Labute approximate surface area is 104 Å². The van der Waals surface area contributed by atoms with E-state index in [0.29, 0.717) is 30.9 Å². The molecule has 0 aromatic carbocycles. The van der Waals surface area contributed by atoms with Crippen LogP contribution in [0.1, 0.15) is 32.6 Å². The Bertz CT molecular complexity index is 229. The monoisotopic (exact) mass is 242 g/mol. The summed E-state index contributed by atoms with van der Waals surface area (Å²) in [4.78, 5) is 2.50. The van der Waals surface area contributed by atoms with Gasteiger partial charge in [0, 0.05) is 32.8 Å². The van der Waals surface area contributed by atoms with E-state index in [0.717, 1.165) is 32.4 Å². The normalized spacial score (nSPS) is 34.1. The third-order valence-corrected chi connectivity index (χ3v) is 4.21. The molecule has 3 unspecified atom stereocenters. The highest BCUT2D eigenvalue weighted by molar-refractivity contribution is 4.88. The first-order chi connectivity index (χ1) is 8.24. The van der Waals surface area contributed by atoms with Crippen molar-refractivity contribution in [3.8, 4) is 0 Å². The lowest BCUT2D eigenvalue weighted by Gasteiger charge is -2.39. The highest BCUT2D eigenvalue weighted by Gasteiger charge is 2.34. The second kappa shape index (κ2) is 6.14. The van der Waals surface area contributed by atoms with E-state index in [1.165, 1.54) is 6.42 Å². The summed E-state index contributed by atoms with van der Waals surface area (Å²) in [5, 5.41) is 0. The van der Waals surface area contributed by atoms with Crippen LogP contribution in [0.5, 0.6) is 0 Å². The van der Waals surface area contributed by atoms with Gasteiger partial charge in [-0.1, -0.05) is 0 Å². The summed E-state index contributed by atoms with van der Waals surface area (Å²) >= 11 is 0. The molecule has 0 aromatic rings. The van der Waals surface area contributed by atoms with Crippen molar-refractivity contribution in [2.75, 3.05) is 26.7 Å². The zero-order valence-corrected chi connectivity index (χ0v) is 11.1. The topological polar surface area (TPSA) is 47.7 Å². The summed E-state index contributed by atoms with van der Waals surface area (Å²) in [6.45, 7) is 5.04. The quantitative estimate of drug-likeness (QED) is 0.799. The smallest absolute Gasteiger partial charge is 0.0747 e. The minimum atomic E-state index is 0.342. The fourth-order valence-corrected chi connectivity index (χ4v) is 3.10. The van der Waals surface area contributed by atoms with Crippen LogP contribution < -0.4 is 5.73 Å². The van der Waals surface area contributed by atoms with Crippen LogP contribution >= 0.6 is 0 Å². The van der Waals surface area contributed by atoms with Gasteiger partial charge in [0.1, 0.15) is 0 Å². The number of likely N-dealkylation sites (tertiary alicyclic amines) is 1. The molecular weight excluding hydrogens is 216 g/mol. The van der Waals surface area contributed by atoms with Gasteiger partial charge in [-0.05, 0) is 32.6 Å². The highest BCUT2D eigenvalue weighted by Crippen LogP contribution is 2.26. The van der Waals surface area contributed by atoms with Crippen molar-refractivity contribution in [1.29, 1.82) is 0 Å². The van der Waals surface area contributed by atoms with E-state index >= 15 is 0 Å². The number of hydrogen-bond acceptors (Lipinski definition) is 4. The summed E-state index contributed by atoms with van der Waals surface area (Å²) < 4.78 is 11.4. The fourth-order valence-electron chi connectivity index (χ4n) is 3.10. The molecule has 2 rings (SSSR count). The summed E-state index contributed by atoms with van der Waals surface area (Å²) in [7, 11) is 1.81. The van der Waals surface area contributed by atoms with Gasteiger partial charge in [-0.2, -0.15) is 0 Å². The van der Waals surface area contributed by atoms with Gasteiger partial charge >= 0.3 is 0 Å². The molecule has 2 aliphatic heterocycles. The van der Waals surface area contributed by atoms with Crippen molar-refractivity contribution in [2.24, 2.45) is 5.73 Å². The van der Waals surface area contributed by atoms with Gasteiger partial charge in [-0.15, -0.1) is 0 Å². The molecule has 0 amide bonds. The van der Waals surface area contributed by atoms with Crippen molar-refractivity contribution >= 4 is 0 Å². The molecule has 0 aromatic heterocycles. The molecule has 4 heteroatoms. The number of piperidine rings is 1. The molecular formula is C13H26N2O2. The zero-order chi connectivity index (χ0) is 12.3. The van der Waals surface area contributed by atoms with Gasteiger partial charge in [-0.25, -0.2) is 0 Å². The molecule has 2 aliphatic rings. The van der Waals surface area contributed by atoms with Crippen molar-refractivity contribution in [1.82, 2.24) is 4.90 Å². The summed E-state index contributed by atoms with van der Waals surface area (Å²) in [5.41, 5.74) is 5.94. The second-order valence-corrected chi connectivity index (χ2v) is 5.34. The van der Waals surface area contributed by atoms with E-state index in [9.17, 15) is 0 Å². The fraction of sp³-hybridized carbons (Fsp3) is 1.00. The van der Waals surface area contributed by atoms with Crippen LogP contribution in [0.25, 0.3) is 0 Å². The number of ether oxygens (including phenoxy) is 2. The number of hydrogen-bond donors (Lipinski definition) is 1. The Kier molecular flexibility index (Phi) is 4.79. The van der Waals surface area contributed by atoms with Gasteiger partial charge in [0.15, 0.2) is 0 Å². The molecule has 17 heavy (non-hydrogen) atoms. The summed E-state index contributed by atoms with van der Waals surface area (Å²) in [6, 6.07) is 0.401. The van der Waals surface area contributed by atoms with Crippen LogP contribution in [0.4, 0.5) is 0 Å². The first-order valence-electron chi connectivity index (χ1n) is 6.87. The molecule has 2 N–H and O–H groups in total. The first-order valence-corrected chi connectivity index (χ1v) is 6.87. The maximum Gasteiger partial charge on any atom is 0.0747 e. The molecule has 4 nitrogen and oxygen atoms in total. The SMILES string of the molecule is COC1CCN(C(CN)C2CCC(C)O2)CC1. The first kappa shape index (κ1) is 13.3. The Hall–Kier alpha value is -0.160. The molecule has 0 radical (unpaired) electrons. The summed E-state index contributed by atoms with van der Waals surface area (Å²) in [6.07, 6.45) is 5.76. The van der Waals surface area contributed by atoms with Crippen LogP contribution in [-0.2, 0) is 9.47 Å². The maximum atomic E-state index is 5.97. The van der Waals surface area contributed by atoms with Crippen molar-refractivity contribution in [3.05, 3.63) is 0 Å². The van der Waals surface area contributed by atoms with Gasteiger partial charge in [0.25, 0.3) is 0 Å². The van der Waals surface area contributed by atoms with Gasteiger partial charge in [0.05, 0.1) is 18.3 Å². The van der Waals surface area contributed by atoms with E-state index in [2.05, 4.69) is 11.8 Å². The van der Waals surface area contributed by atoms with Crippen LogP contribution in [0.3, 0.4) is 0 Å². The Balaban J connectivity index is 1.86.